The van der Waals surface area contributed by atoms with E-state index in [0.717, 1.165) is 25.7 Å². The van der Waals surface area contributed by atoms with Gasteiger partial charge in [0, 0.05) is 31.7 Å². The predicted octanol–water partition coefficient (Wildman–Crippen LogP) is 4.50. The van der Waals surface area contributed by atoms with Crippen LogP contribution >= 0.6 is 0 Å². The number of allylic oxidation sites excluding steroid dienone is 2. The van der Waals surface area contributed by atoms with E-state index in [0.29, 0.717) is 38.6 Å². The van der Waals surface area contributed by atoms with Gasteiger partial charge in [-0.2, -0.15) is 0 Å². The highest BCUT2D eigenvalue weighted by Gasteiger charge is 2.39. The molecular weight excluding hydrogens is 442 g/mol. The fourth-order valence-electron chi connectivity index (χ4n) is 4.58. The number of hydrogen-bond acceptors (Lipinski definition) is 5. The molecule has 6 heteroatoms. The molecule has 2 rings (SSSR count). The summed E-state index contributed by atoms with van der Waals surface area (Å²) in [6.07, 6.45) is 12.0. The van der Waals surface area contributed by atoms with Crippen molar-refractivity contribution in [3.63, 3.8) is 0 Å². The molecule has 1 saturated carbocycles. The fourth-order valence-corrected chi connectivity index (χ4v) is 4.58. The Morgan fingerprint density at radius 1 is 1.11 bits per heavy atom. The average molecular weight is 486 g/mol. The van der Waals surface area contributed by atoms with E-state index in [4.69, 9.17) is 4.74 Å². The molecule has 1 aliphatic rings. The minimum absolute atomic E-state index is 0.0712. The first-order chi connectivity index (χ1) is 16.9. The van der Waals surface area contributed by atoms with Crippen LogP contribution in [0.1, 0.15) is 70.8 Å². The second-order valence-corrected chi connectivity index (χ2v) is 9.35. The van der Waals surface area contributed by atoms with Gasteiger partial charge in [-0.3, -0.25) is 9.59 Å². The molecule has 5 atom stereocenters. The lowest BCUT2D eigenvalue weighted by atomic mass is 9.89. The van der Waals surface area contributed by atoms with Crippen LogP contribution in [0.3, 0.4) is 0 Å². The summed E-state index contributed by atoms with van der Waals surface area (Å²) < 4.78 is 5.72. The zero-order valence-electron chi connectivity index (χ0n) is 21.3. The zero-order chi connectivity index (χ0) is 25.5. The van der Waals surface area contributed by atoms with Gasteiger partial charge in [0.05, 0.1) is 12.2 Å². The van der Waals surface area contributed by atoms with Gasteiger partial charge in [-0.15, -0.1) is 0 Å². The first-order valence-electron chi connectivity index (χ1n) is 13.1. The number of aliphatic hydroxyl groups excluding tert-OH is 2. The predicted molar refractivity (Wildman–Crippen MR) is 139 cm³/mol. The van der Waals surface area contributed by atoms with E-state index in [1.165, 1.54) is 5.56 Å². The van der Waals surface area contributed by atoms with Gasteiger partial charge in [0.1, 0.15) is 6.10 Å². The number of amides is 1. The Balaban J connectivity index is 1.95. The van der Waals surface area contributed by atoms with Gasteiger partial charge in [-0.05, 0) is 63.0 Å². The molecule has 35 heavy (non-hydrogen) atoms. The van der Waals surface area contributed by atoms with E-state index in [2.05, 4.69) is 17.4 Å². The van der Waals surface area contributed by atoms with Crippen LogP contribution in [-0.4, -0.2) is 46.9 Å². The first kappa shape index (κ1) is 28.8. The van der Waals surface area contributed by atoms with Gasteiger partial charge >= 0.3 is 5.97 Å². The van der Waals surface area contributed by atoms with E-state index in [9.17, 15) is 19.8 Å². The number of rotatable bonds is 15. The zero-order valence-corrected chi connectivity index (χ0v) is 21.3. The van der Waals surface area contributed by atoms with E-state index in [1.54, 1.807) is 0 Å². The SMILES string of the molecule is CCCC(=O)O[C@H](/C=C/[C@@H]1[C@@H](C/C=C\CCCC(=O)NCC)[C@@H](O)C[C@H]1O)CCc1ccccc1. The smallest absolute Gasteiger partial charge is 0.306 e. The number of aliphatic hydroxyl groups is 2. The molecule has 0 bridgehead atoms. The van der Waals surface area contributed by atoms with Gasteiger partial charge in [-0.25, -0.2) is 0 Å². The van der Waals surface area contributed by atoms with Gasteiger partial charge in [0.25, 0.3) is 0 Å². The van der Waals surface area contributed by atoms with Gasteiger partial charge in [0.15, 0.2) is 0 Å². The number of benzene rings is 1. The maximum Gasteiger partial charge on any atom is 0.306 e. The number of carbonyl (C=O) groups is 2. The number of aryl methyl sites for hydroxylation is 1. The minimum atomic E-state index is -0.626. The van der Waals surface area contributed by atoms with Crippen LogP contribution in [-0.2, 0) is 20.7 Å². The van der Waals surface area contributed by atoms with E-state index in [1.807, 2.05) is 56.4 Å². The lowest BCUT2D eigenvalue weighted by Crippen LogP contribution is -2.22. The number of unbranched alkanes of at least 4 members (excludes halogenated alkanes) is 1. The molecule has 1 amide bonds. The summed E-state index contributed by atoms with van der Waals surface area (Å²) in [4.78, 5) is 23.7. The van der Waals surface area contributed by atoms with E-state index < -0.39 is 12.2 Å². The van der Waals surface area contributed by atoms with Crippen molar-refractivity contribution < 1.29 is 24.5 Å². The molecule has 0 unspecified atom stereocenters. The van der Waals surface area contributed by atoms with Crippen molar-refractivity contribution in [3.8, 4) is 0 Å². The molecule has 1 aromatic rings. The second kappa shape index (κ2) is 16.3. The first-order valence-corrected chi connectivity index (χ1v) is 13.1. The number of ether oxygens (including phenoxy) is 1. The molecule has 0 aromatic heterocycles. The highest BCUT2D eigenvalue weighted by atomic mass is 16.5. The molecule has 0 heterocycles. The number of hydrogen-bond donors (Lipinski definition) is 3. The lowest BCUT2D eigenvalue weighted by Gasteiger charge is -2.21. The molecular formula is C29H43NO5. The second-order valence-electron chi connectivity index (χ2n) is 9.35. The summed E-state index contributed by atoms with van der Waals surface area (Å²) in [5.74, 6) is -0.438. The Bertz CT molecular complexity index is 807. The van der Waals surface area contributed by atoms with Crippen LogP contribution in [0.25, 0.3) is 0 Å². The van der Waals surface area contributed by atoms with Crippen molar-refractivity contribution in [2.24, 2.45) is 11.8 Å². The maximum atomic E-state index is 12.2. The standard InChI is InChI=1S/C29H43NO5/c1-3-12-29(34)35-23(18-17-22-13-8-7-9-14-22)19-20-25-24(26(31)21-27(25)32)15-10-5-6-11-16-28(33)30-4-2/h5,7-10,13-14,19-20,23-27,31-32H,3-4,6,11-12,15-18,21H2,1-2H3,(H,30,33)/b10-5-,20-19+/t23-,24+,25+,26-,27+/m0/s1. The van der Waals surface area contributed by atoms with Crippen molar-refractivity contribution in [3.05, 3.63) is 60.2 Å². The Morgan fingerprint density at radius 3 is 2.60 bits per heavy atom. The van der Waals surface area contributed by atoms with Crippen LogP contribution in [0.4, 0.5) is 0 Å². The van der Waals surface area contributed by atoms with Crippen molar-refractivity contribution in [2.75, 3.05) is 6.54 Å². The Morgan fingerprint density at radius 2 is 1.89 bits per heavy atom. The van der Waals surface area contributed by atoms with Crippen molar-refractivity contribution in [1.82, 2.24) is 5.32 Å². The summed E-state index contributed by atoms with van der Waals surface area (Å²) in [5, 5.41) is 23.9. The highest BCUT2D eigenvalue weighted by molar-refractivity contribution is 5.75. The van der Waals surface area contributed by atoms with E-state index in [-0.39, 0.29) is 29.8 Å². The summed E-state index contributed by atoms with van der Waals surface area (Å²) in [6.45, 7) is 4.51. The third-order valence-corrected chi connectivity index (χ3v) is 6.48. The molecule has 0 radical (unpaired) electrons. The van der Waals surface area contributed by atoms with Crippen molar-refractivity contribution in [2.45, 2.75) is 89.9 Å². The summed E-state index contributed by atoms with van der Waals surface area (Å²) in [6, 6.07) is 10.1. The third-order valence-electron chi connectivity index (χ3n) is 6.48. The van der Waals surface area contributed by atoms with Crippen LogP contribution in [0.2, 0.25) is 0 Å². The van der Waals surface area contributed by atoms with E-state index >= 15 is 0 Å². The molecule has 1 aliphatic carbocycles. The molecule has 3 N–H and O–H groups in total. The molecule has 0 aliphatic heterocycles. The monoisotopic (exact) mass is 485 g/mol. The maximum absolute atomic E-state index is 12.2. The molecule has 1 aromatic carbocycles. The molecule has 6 nitrogen and oxygen atoms in total. The highest BCUT2D eigenvalue weighted by Crippen LogP contribution is 2.36. The van der Waals surface area contributed by atoms with Crippen LogP contribution in [0.5, 0.6) is 0 Å². The number of carbonyl (C=O) groups excluding carboxylic acids is 2. The average Bonchev–Trinajstić information content (AvgIpc) is 3.10. The fraction of sp³-hybridized carbons (Fsp3) is 0.586. The third kappa shape index (κ3) is 10.8. The van der Waals surface area contributed by atoms with Gasteiger partial charge in [-0.1, -0.05) is 55.5 Å². The van der Waals surface area contributed by atoms with Crippen molar-refractivity contribution >= 4 is 11.9 Å². The minimum Gasteiger partial charge on any atom is -0.458 e. The molecule has 0 spiro atoms. The lowest BCUT2D eigenvalue weighted by molar-refractivity contribution is -0.147. The number of esters is 1. The van der Waals surface area contributed by atoms with Crippen LogP contribution in [0, 0.1) is 11.8 Å². The van der Waals surface area contributed by atoms with Gasteiger partial charge in [0.2, 0.25) is 5.91 Å². The Kier molecular flexibility index (Phi) is 13.4. The molecule has 194 valence electrons. The quantitative estimate of drug-likeness (QED) is 0.193. The van der Waals surface area contributed by atoms with Crippen LogP contribution in [0.15, 0.2) is 54.6 Å². The summed E-state index contributed by atoms with van der Waals surface area (Å²) in [5.41, 5.74) is 1.18. The van der Waals surface area contributed by atoms with Crippen LogP contribution < -0.4 is 5.32 Å². The summed E-state index contributed by atoms with van der Waals surface area (Å²) >= 11 is 0. The number of nitrogens with one attached hydrogen (secondary N) is 1. The summed E-state index contributed by atoms with van der Waals surface area (Å²) in [7, 11) is 0. The van der Waals surface area contributed by atoms with Crippen molar-refractivity contribution in [1.29, 1.82) is 0 Å². The van der Waals surface area contributed by atoms with Gasteiger partial charge < -0.3 is 20.3 Å². The largest absolute Gasteiger partial charge is 0.458 e. The molecule has 0 saturated heterocycles. The molecule has 1 fully saturated rings. The Hall–Kier alpha value is -2.44. The normalized spacial score (nSPS) is 23.1. The topological polar surface area (TPSA) is 95.9 Å². The Labute approximate surface area is 210 Å².